The molecule has 0 aliphatic carbocycles. The van der Waals surface area contributed by atoms with Crippen LogP contribution in [-0.4, -0.2) is 59.1 Å². The fraction of sp³-hybridized carbons (Fsp3) is 0.429. The molecule has 28 heavy (non-hydrogen) atoms. The van der Waals surface area contributed by atoms with Crippen molar-refractivity contribution < 1.29 is 13.2 Å². The second-order valence-corrected chi connectivity index (χ2v) is 9.45. The summed E-state index contributed by atoms with van der Waals surface area (Å²) in [6.07, 6.45) is 0. The molecule has 0 unspecified atom stereocenters. The fourth-order valence-electron chi connectivity index (χ4n) is 3.89. The molecule has 0 atom stereocenters. The van der Waals surface area contributed by atoms with Crippen LogP contribution in [0.5, 0.6) is 5.75 Å². The maximum atomic E-state index is 13.2. The smallest absolute Gasteiger partial charge is 0.243 e. The highest BCUT2D eigenvalue weighted by atomic mass is 32.2. The maximum absolute atomic E-state index is 13.2. The van der Waals surface area contributed by atoms with Crippen molar-refractivity contribution in [1.82, 2.24) is 4.31 Å². The van der Waals surface area contributed by atoms with Crippen LogP contribution in [0.25, 0.3) is 0 Å². The Morgan fingerprint density at radius 2 is 1.68 bits per heavy atom. The van der Waals surface area contributed by atoms with E-state index in [1.807, 2.05) is 11.9 Å². The fourth-order valence-corrected chi connectivity index (χ4v) is 5.33. The summed E-state index contributed by atoms with van der Waals surface area (Å²) in [7, 11) is -1.56. The standard InChI is InChI=1S/C21H27N3O3S/c1-16-5-4-6-19(17(16)2)23-9-11-24(12-10-23)28(25,26)18-7-8-21-20(15-18)22(3)13-14-27-21/h4-8,15H,9-14H2,1-3H3. The second kappa shape index (κ2) is 7.29. The lowest BCUT2D eigenvalue weighted by molar-refractivity contribution is 0.311. The first-order valence-electron chi connectivity index (χ1n) is 9.67. The van der Waals surface area contributed by atoms with Gasteiger partial charge in [-0.15, -0.1) is 0 Å². The van der Waals surface area contributed by atoms with Crippen molar-refractivity contribution in [2.45, 2.75) is 18.7 Å². The summed E-state index contributed by atoms with van der Waals surface area (Å²) in [5.74, 6) is 0.743. The number of nitrogens with zero attached hydrogens (tertiary/aromatic N) is 3. The summed E-state index contributed by atoms with van der Waals surface area (Å²) < 4.78 is 33.6. The minimum Gasteiger partial charge on any atom is -0.490 e. The lowest BCUT2D eigenvalue weighted by atomic mass is 10.1. The average Bonchev–Trinajstić information content (AvgIpc) is 2.70. The van der Waals surface area contributed by atoms with Crippen LogP contribution in [0.2, 0.25) is 0 Å². The zero-order valence-electron chi connectivity index (χ0n) is 16.7. The molecule has 0 amide bonds. The zero-order chi connectivity index (χ0) is 19.9. The number of rotatable bonds is 3. The highest BCUT2D eigenvalue weighted by Crippen LogP contribution is 2.34. The van der Waals surface area contributed by atoms with Gasteiger partial charge in [0.05, 0.1) is 17.1 Å². The van der Waals surface area contributed by atoms with Gasteiger partial charge >= 0.3 is 0 Å². The Balaban J connectivity index is 1.53. The van der Waals surface area contributed by atoms with Crippen molar-refractivity contribution in [1.29, 1.82) is 0 Å². The number of anilines is 2. The van der Waals surface area contributed by atoms with Crippen LogP contribution in [0.15, 0.2) is 41.3 Å². The Bertz CT molecular complexity index is 982. The van der Waals surface area contributed by atoms with Gasteiger partial charge in [-0.2, -0.15) is 4.31 Å². The van der Waals surface area contributed by atoms with Crippen molar-refractivity contribution in [3.8, 4) is 5.75 Å². The van der Waals surface area contributed by atoms with E-state index in [2.05, 4.69) is 36.9 Å². The highest BCUT2D eigenvalue weighted by molar-refractivity contribution is 7.89. The number of hydrogen-bond donors (Lipinski definition) is 0. The predicted octanol–water partition coefficient (Wildman–Crippen LogP) is 2.64. The molecular weight excluding hydrogens is 374 g/mol. The molecular formula is C21H27N3O3S. The number of likely N-dealkylation sites (N-methyl/N-ethyl adjacent to an activating group) is 1. The van der Waals surface area contributed by atoms with Crippen molar-refractivity contribution in [3.63, 3.8) is 0 Å². The molecule has 0 radical (unpaired) electrons. The molecule has 2 heterocycles. The number of aryl methyl sites for hydroxylation is 1. The van der Waals surface area contributed by atoms with E-state index in [-0.39, 0.29) is 0 Å². The topological polar surface area (TPSA) is 53.1 Å². The van der Waals surface area contributed by atoms with Crippen molar-refractivity contribution in [2.75, 3.05) is 56.2 Å². The molecule has 0 aromatic heterocycles. The number of fused-ring (bicyclic) bond motifs is 1. The van der Waals surface area contributed by atoms with Gasteiger partial charge in [-0.05, 0) is 49.2 Å². The van der Waals surface area contributed by atoms with Gasteiger partial charge in [-0.1, -0.05) is 12.1 Å². The van der Waals surface area contributed by atoms with Crippen molar-refractivity contribution in [2.24, 2.45) is 0 Å². The first kappa shape index (κ1) is 19.1. The van der Waals surface area contributed by atoms with Crippen LogP contribution in [0.3, 0.4) is 0 Å². The summed E-state index contributed by atoms with van der Waals surface area (Å²) in [6, 6.07) is 11.4. The summed E-state index contributed by atoms with van der Waals surface area (Å²) in [5, 5.41) is 0. The maximum Gasteiger partial charge on any atom is 0.243 e. The number of hydrogen-bond acceptors (Lipinski definition) is 5. The third-order valence-corrected chi connectivity index (χ3v) is 7.71. The summed E-state index contributed by atoms with van der Waals surface area (Å²) in [5.41, 5.74) is 4.55. The Morgan fingerprint density at radius 1 is 0.929 bits per heavy atom. The largest absolute Gasteiger partial charge is 0.490 e. The van der Waals surface area contributed by atoms with Crippen LogP contribution in [0.4, 0.5) is 11.4 Å². The highest BCUT2D eigenvalue weighted by Gasteiger charge is 2.30. The Labute approximate surface area is 167 Å². The van der Waals surface area contributed by atoms with E-state index in [0.717, 1.165) is 18.0 Å². The molecule has 2 aromatic rings. The minimum atomic E-state index is -3.52. The van der Waals surface area contributed by atoms with Gasteiger partial charge in [0.1, 0.15) is 12.4 Å². The third kappa shape index (κ3) is 3.33. The minimum absolute atomic E-state index is 0.337. The van der Waals surface area contributed by atoms with Crippen LogP contribution in [-0.2, 0) is 10.0 Å². The van der Waals surface area contributed by atoms with Gasteiger partial charge in [-0.3, -0.25) is 0 Å². The Hall–Kier alpha value is -2.25. The van der Waals surface area contributed by atoms with E-state index in [9.17, 15) is 8.42 Å². The molecule has 0 bridgehead atoms. The van der Waals surface area contributed by atoms with Crippen LogP contribution in [0, 0.1) is 13.8 Å². The SMILES string of the molecule is Cc1cccc(N2CCN(S(=O)(=O)c3ccc4c(c3)N(C)CCO4)CC2)c1C. The van der Waals surface area contributed by atoms with Crippen LogP contribution >= 0.6 is 0 Å². The predicted molar refractivity (Wildman–Crippen MR) is 112 cm³/mol. The second-order valence-electron chi connectivity index (χ2n) is 7.51. The van der Waals surface area contributed by atoms with E-state index in [4.69, 9.17) is 4.74 Å². The van der Waals surface area contributed by atoms with Gasteiger partial charge in [0.15, 0.2) is 0 Å². The molecule has 0 spiro atoms. The molecule has 0 N–H and O–H groups in total. The summed E-state index contributed by atoms with van der Waals surface area (Å²) in [4.78, 5) is 4.66. The normalized spacial score (nSPS) is 18.0. The number of benzene rings is 2. The zero-order valence-corrected chi connectivity index (χ0v) is 17.5. The first-order chi connectivity index (χ1) is 13.4. The summed E-state index contributed by atoms with van der Waals surface area (Å²) in [6.45, 7) is 7.96. The summed E-state index contributed by atoms with van der Waals surface area (Å²) >= 11 is 0. The number of ether oxygens (including phenoxy) is 1. The third-order valence-electron chi connectivity index (χ3n) is 5.82. The van der Waals surface area contributed by atoms with E-state index in [1.165, 1.54) is 16.8 Å². The van der Waals surface area contributed by atoms with E-state index >= 15 is 0 Å². The van der Waals surface area contributed by atoms with Crippen LogP contribution < -0.4 is 14.5 Å². The molecule has 0 saturated carbocycles. The van der Waals surface area contributed by atoms with Gasteiger partial charge < -0.3 is 14.5 Å². The van der Waals surface area contributed by atoms with Gasteiger partial charge in [-0.25, -0.2) is 8.42 Å². The molecule has 6 nitrogen and oxygen atoms in total. The molecule has 1 saturated heterocycles. The van der Waals surface area contributed by atoms with Crippen LogP contribution in [0.1, 0.15) is 11.1 Å². The van der Waals surface area contributed by atoms with E-state index < -0.39 is 10.0 Å². The van der Waals surface area contributed by atoms with E-state index in [0.29, 0.717) is 37.7 Å². The van der Waals surface area contributed by atoms with Gasteiger partial charge in [0.2, 0.25) is 10.0 Å². The lowest BCUT2D eigenvalue weighted by Crippen LogP contribution is -2.48. The van der Waals surface area contributed by atoms with Crippen molar-refractivity contribution in [3.05, 3.63) is 47.5 Å². The van der Waals surface area contributed by atoms with E-state index in [1.54, 1.807) is 22.5 Å². The molecule has 2 aliphatic heterocycles. The molecule has 4 rings (SSSR count). The Morgan fingerprint density at radius 3 is 2.43 bits per heavy atom. The molecule has 150 valence electrons. The molecule has 2 aromatic carbocycles. The monoisotopic (exact) mass is 401 g/mol. The molecule has 7 heteroatoms. The van der Waals surface area contributed by atoms with Gasteiger partial charge in [0.25, 0.3) is 0 Å². The molecule has 1 fully saturated rings. The first-order valence-corrected chi connectivity index (χ1v) is 11.1. The van der Waals surface area contributed by atoms with Crippen molar-refractivity contribution >= 4 is 21.4 Å². The number of piperazine rings is 1. The quantitative estimate of drug-likeness (QED) is 0.791. The lowest BCUT2D eigenvalue weighted by Gasteiger charge is -2.36. The van der Waals surface area contributed by atoms with Gasteiger partial charge in [0, 0.05) is 38.9 Å². The number of sulfonamides is 1. The Kier molecular flexibility index (Phi) is 4.97. The average molecular weight is 402 g/mol. The molecule has 2 aliphatic rings.